The van der Waals surface area contributed by atoms with Gasteiger partial charge in [0.1, 0.15) is 0 Å². The van der Waals surface area contributed by atoms with E-state index in [2.05, 4.69) is 19.9 Å². The Bertz CT molecular complexity index is 1080. The molecule has 1 amide bonds. The third-order valence-electron chi connectivity index (χ3n) is 4.96. The number of morpholine rings is 1. The van der Waals surface area contributed by atoms with Crippen LogP contribution >= 0.6 is 11.3 Å². The topological polar surface area (TPSA) is 63.7 Å². The number of pyridine rings is 1. The number of alkyl halides is 3. The average molecular weight is 478 g/mol. The van der Waals surface area contributed by atoms with Gasteiger partial charge in [-0.2, -0.15) is 13.2 Å². The summed E-state index contributed by atoms with van der Waals surface area (Å²) in [4.78, 5) is 19.5. The fraction of sp³-hybridized carbons (Fsp3) is 0.304. The maximum Gasteiger partial charge on any atom is 0.422 e. The average Bonchev–Trinajstić information content (AvgIpc) is 3.28. The molecule has 0 atom stereocenters. The zero-order valence-electron chi connectivity index (χ0n) is 17.6. The summed E-state index contributed by atoms with van der Waals surface area (Å²) in [5.74, 6) is -0.401. The van der Waals surface area contributed by atoms with Crippen molar-refractivity contribution in [3.05, 3.63) is 65.2 Å². The lowest BCUT2D eigenvalue weighted by atomic mass is 10.1. The number of thiophene rings is 1. The van der Waals surface area contributed by atoms with Crippen LogP contribution in [0.25, 0.3) is 11.1 Å². The number of rotatable bonds is 7. The molecule has 0 spiro atoms. The zero-order chi connectivity index (χ0) is 23.3. The number of aromatic nitrogens is 1. The normalized spacial score (nSPS) is 14.2. The van der Waals surface area contributed by atoms with Crippen molar-refractivity contribution < 1.29 is 27.4 Å². The van der Waals surface area contributed by atoms with Gasteiger partial charge < -0.3 is 19.7 Å². The molecule has 4 rings (SSSR count). The second kappa shape index (κ2) is 10.2. The Morgan fingerprint density at radius 3 is 2.64 bits per heavy atom. The van der Waals surface area contributed by atoms with Gasteiger partial charge in [-0.15, -0.1) is 11.3 Å². The van der Waals surface area contributed by atoms with Crippen molar-refractivity contribution in [3.8, 4) is 17.0 Å². The Labute approximate surface area is 193 Å². The Hall–Kier alpha value is -3.11. The fourth-order valence-electron chi connectivity index (χ4n) is 3.38. The highest BCUT2D eigenvalue weighted by Gasteiger charge is 2.28. The summed E-state index contributed by atoms with van der Waals surface area (Å²) < 4.78 is 47.2. The molecule has 10 heteroatoms. The van der Waals surface area contributed by atoms with Crippen LogP contribution in [0.4, 0.5) is 18.2 Å². The molecule has 1 aliphatic rings. The Morgan fingerprint density at radius 2 is 1.91 bits per heavy atom. The number of anilines is 1. The first-order chi connectivity index (χ1) is 15.9. The number of hydrogen-bond donors (Lipinski definition) is 1. The molecular weight excluding hydrogens is 455 g/mol. The SMILES string of the molecule is O=C(NCc1ccnc(OCC(F)(F)F)c1)c1cc(-c2ccccc2)c(N2CCOCC2)s1. The summed E-state index contributed by atoms with van der Waals surface area (Å²) in [5.41, 5.74) is 2.60. The molecule has 2 aromatic heterocycles. The minimum atomic E-state index is -4.44. The number of carbonyl (C=O) groups excluding carboxylic acids is 1. The Kier molecular flexibility index (Phi) is 7.14. The quantitative estimate of drug-likeness (QED) is 0.542. The van der Waals surface area contributed by atoms with Gasteiger partial charge in [0, 0.05) is 37.5 Å². The lowest BCUT2D eigenvalue weighted by Crippen LogP contribution is -2.35. The van der Waals surface area contributed by atoms with Crippen LogP contribution < -0.4 is 15.0 Å². The molecule has 3 heterocycles. The molecule has 33 heavy (non-hydrogen) atoms. The van der Waals surface area contributed by atoms with E-state index in [9.17, 15) is 18.0 Å². The molecule has 1 N–H and O–H groups in total. The van der Waals surface area contributed by atoms with E-state index >= 15 is 0 Å². The zero-order valence-corrected chi connectivity index (χ0v) is 18.4. The van der Waals surface area contributed by atoms with Gasteiger partial charge in [-0.05, 0) is 23.3 Å². The predicted molar refractivity (Wildman–Crippen MR) is 120 cm³/mol. The van der Waals surface area contributed by atoms with Gasteiger partial charge in [0.15, 0.2) is 6.61 Å². The van der Waals surface area contributed by atoms with Crippen LogP contribution in [0.3, 0.4) is 0 Å². The van der Waals surface area contributed by atoms with Crippen molar-refractivity contribution >= 4 is 22.2 Å². The van der Waals surface area contributed by atoms with Crippen LogP contribution in [0, 0.1) is 0 Å². The summed E-state index contributed by atoms with van der Waals surface area (Å²) in [5, 5.41) is 3.85. The van der Waals surface area contributed by atoms with Crippen LogP contribution in [-0.4, -0.2) is 50.0 Å². The van der Waals surface area contributed by atoms with Crippen LogP contribution in [0.1, 0.15) is 15.2 Å². The van der Waals surface area contributed by atoms with Gasteiger partial charge in [0.25, 0.3) is 5.91 Å². The molecule has 174 valence electrons. The fourth-order valence-corrected chi connectivity index (χ4v) is 4.53. The largest absolute Gasteiger partial charge is 0.468 e. The monoisotopic (exact) mass is 477 g/mol. The smallest absolute Gasteiger partial charge is 0.422 e. The van der Waals surface area contributed by atoms with Gasteiger partial charge in [-0.3, -0.25) is 4.79 Å². The molecule has 1 fully saturated rings. The van der Waals surface area contributed by atoms with Crippen molar-refractivity contribution in [2.24, 2.45) is 0 Å². The summed E-state index contributed by atoms with van der Waals surface area (Å²) in [6.07, 6.45) is -3.10. The number of amides is 1. The molecule has 0 unspecified atom stereocenters. The third-order valence-corrected chi connectivity index (χ3v) is 6.15. The summed E-state index contributed by atoms with van der Waals surface area (Å²) in [7, 11) is 0. The first kappa shape index (κ1) is 23.1. The highest BCUT2D eigenvalue weighted by molar-refractivity contribution is 7.18. The molecule has 1 aromatic carbocycles. The second-order valence-corrected chi connectivity index (χ2v) is 8.41. The summed E-state index contributed by atoms with van der Waals surface area (Å²) in [6.45, 7) is 1.48. The molecule has 0 radical (unpaired) electrons. The number of halogens is 3. The van der Waals surface area contributed by atoms with Gasteiger partial charge in [-0.1, -0.05) is 30.3 Å². The minimum Gasteiger partial charge on any atom is -0.468 e. The lowest BCUT2D eigenvalue weighted by Gasteiger charge is -2.28. The number of nitrogens with one attached hydrogen (secondary N) is 1. The van der Waals surface area contributed by atoms with Crippen molar-refractivity contribution in [3.63, 3.8) is 0 Å². The highest BCUT2D eigenvalue weighted by Crippen LogP contribution is 2.39. The molecular formula is C23H22F3N3O3S. The van der Waals surface area contributed by atoms with Gasteiger partial charge in [0.2, 0.25) is 5.88 Å². The number of benzene rings is 1. The Balaban J connectivity index is 1.48. The van der Waals surface area contributed by atoms with Gasteiger partial charge in [0.05, 0.1) is 23.1 Å². The van der Waals surface area contributed by atoms with Gasteiger partial charge in [-0.25, -0.2) is 4.98 Å². The van der Waals surface area contributed by atoms with Crippen LogP contribution in [-0.2, 0) is 11.3 Å². The molecule has 1 aliphatic heterocycles. The van der Waals surface area contributed by atoms with E-state index in [1.807, 2.05) is 36.4 Å². The second-order valence-electron chi connectivity index (χ2n) is 7.38. The summed E-state index contributed by atoms with van der Waals surface area (Å²) in [6, 6.07) is 14.7. The standard InChI is InChI=1S/C23H22F3N3O3S/c24-23(25,26)15-32-20-12-16(6-7-27-20)14-28-21(30)19-13-18(17-4-2-1-3-5-17)22(33-19)29-8-10-31-11-9-29/h1-7,12-13H,8-11,14-15H2,(H,28,30). The van der Waals surface area contributed by atoms with Crippen molar-refractivity contribution in [2.75, 3.05) is 37.8 Å². The van der Waals surface area contributed by atoms with Crippen molar-refractivity contribution in [2.45, 2.75) is 12.7 Å². The maximum absolute atomic E-state index is 12.9. The maximum atomic E-state index is 12.9. The van der Waals surface area contributed by atoms with E-state index in [0.29, 0.717) is 23.7 Å². The van der Waals surface area contributed by atoms with E-state index in [1.165, 1.54) is 23.6 Å². The van der Waals surface area contributed by atoms with Crippen LogP contribution in [0.2, 0.25) is 0 Å². The van der Waals surface area contributed by atoms with Crippen molar-refractivity contribution in [1.82, 2.24) is 10.3 Å². The molecule has 1 saturated heterocycles. The Morgan fingerprint density at radius 1 is 1.15 bits per heavy atom. The number of ether oxygens (including phenoxy) is 2. The van der Waals surface area contributed by atoms with E-state index in [1.54, 1.807) is 6.07 Å². The van der Waals surface area contributed by atoms with Crippen molar-refractivity contribution in [1.29, 1.82) is 0 Å². The lowest BCUT2D eigenvalue weighted by molar-refractivity contribution is -0.154. The first-order valence-electron chi connectivity index (χ1n) is 10.3. The number of carbonyl (C=O) groups is 1. The molecule has 0 saturated carbocycles. The minimum absolute atomic E-state index is 0.134. The number of nitrogens with zero attached hydrogens (tertiary/aromatic N) is 2. The predicted octanol–water partition coefficient (Wildman–Crippen LogP) is 4.52. The molecule has 0 aliphatic carbocycles. The molecule has 6 nitrogen and oxygen atoms in total. The van der Waals surface area contributed by atoms with Crippen LogP contribution in [0.5, 0.6) is 5.88 Å². The number of hydrogen-bond acceptors (Lipinski definition) is 6. The third kappa shape index (κ3) is 6.23. The van der Waals surface area contributed by atoms with E-state index < -0.39 is 12.8 Å². The van der Waals surface area contributed by atoms with Gasteiger partial charge >= 0.3 is 6.18 Å². The molecule has 0 bridgehead atoms. The van der Waals surface area contributed by atoms with E-state index in [-0.39, 0.29) is 18.3 Å². The molecule has 3 aromatic rings. The van der Waals surface area contributed by atoms with E-state index in [0.717, 1.165) is 29.2 Å². The van der Waals surface area contributed by atoms with E-state index in [4.69, 9.17) is 4.74 Å². The highest BCUT2D eigenvalue weighted by atomic mass is 32.1. The van der Waals surface area contributed by atoms with Crippen LogP contribution in [0.15, 0.2) is 54.7 Å². The first-order valence-corrected chi connectivity index (χ1v) is 11.2. The summed E-state index contributed by atoms with van der Waals surface area (Å²) >= 11 is 1.41.